The van der Waals surface area contributed by atoms with E-state index in [1.54, 1.807) is 6.07 Å². The van der Waals surface area contributed by atoms with E-state index < -0.39 is 5.38 Å². The Bertz CT molecular complexity index is 861. The van der Waals surface area contributed by atoms with Crippen LogP contribution in [0.15, 0.2) is 48.5 Å². The maximum Gasteiger partial charge on any atom is 0.253 e. The number of nitrogens with one attached hydrogen (secondary N) is 2. The fourth-order valence-electron chi connectivity index (χ4n) is 3.50. The first kappa shape index (κ1) is 18.8. The minimum atomic E-state index is -0.789. The van der Waals surface area contributed by atoms with Crippen LogP contribution in [0.3, 0.4) is 0 Å². The topological polar surface area (TPSA) is 61.4 Å². The molecule has 1 heterocycles. The maximum atomic E-state index is 12.8. The lowest BCUT2D eigenvalue weighted by molar-refractivity contribution is -0.116. The number of carbonyl (C=O) groups excluding carboxylic acids is 2. The number of carbonyl (C=O) groups is 2. The number of amides is 2. The van der Waals surface area contributed by atoms with Crippen LogP contribution in [0.25, 0.3) is 0 Å². The largest absolute Gasteiger partial charge is 0.371 e. The fourth-order valence-corrected chi connectivity index (χ4v) is 3.70. The normalized spacial score (nSPS) is 17.2. The molecule has 1 atom stereocenters. The van der Waals surface area contributed by atoms with E-state index in [1.807, 2.05) is 42.5 Å². The van der Waals surface area contributed by atoms with E-state index in [9.17, 15) is 9.59 Å². The molecule has 2 aliphatic rings. The van der Waals surface area contributed by atoms with Crippen LogP contribution in [0.1, 0.15) is 47.0 Å². The molecular formula is C22H24ClN3O2. The van der Waals surface area contributed by atoms with Crippen molar-refractivity contribution in [3.8, 4) is 0 Å². The van der Waals surface area contributed by atoms with Crippen molar-refractivity contribution in [1.29, 1.82) is 0 Å². The highest BCUT2D eigenvalue weighted by atomic mass is 35.5. The Morgan fingerprint density at radius 2 is 1.75 bits per heavy atom. The van der Waals surface area contributed by atoms with Crippen molar-refractivity contribution in [3.63, 3.8) is 0 Å². The first-order chi connectivity index (χ1) is 13.6. The summed E-state index contributed by atoms with van der Waals surface area (Å²) in [5.41, 5.74) is 2.86. The van der Waals surface area contributed by atoms with Gasteiger partial charge in [0.1, 0.15) is 5.38 Å². The van der Waals surface area contributed by atoms with Gasteiger partial charge in [0.25, 0.3) is 5.91 Å². The van der Waals surface area contributed by atoms with Crippen molar-refractivity contribution in [1.82, 2.24) is 5.32 Å². The molecule has 0 aromatic heterocycles. The number of hydrogen-bond donors (Lipinski definition) is 2. The van der Waals surface area contributed by atoms with Gasteiger partial charge in [-0.25, -0.2) is 0 Å². The van der Waals surface area contributed by atoms with Crippen molar-refractivity contribution in [2.24, 2.45) is 0 Å². The molecule has 1 saturated carbocycles. The SMILES string of the molecule is O=C(NC1CC1)c1cc(NC(=O)C(Cl)c2ccccc2)ccc1N1CCCC1. The lowest BCUT2D eigenvalue weighted by atomic mass is 10.1. The van der Waals surface area contributed by atoms with Crippen molar-refractivity contribution in [2.75, 3.05) is 23.3 Å². The molecule has 1 unspecified atom stereocenters. The summed E-state index contributed by atoms with van der Waals surface area (Å²) in [6.07, 6.45) is 4.33. The number of benzene rings is 2. The first-order valence-electron chi connectivity index (χ1n) is 9.81. The number of nitrogens with zero attached hydrogens (tertiary/aromatic N) is 1. The summed E-state index contributed by atoms with van der Waals surface area (Å²) >= 11 is 6.32. The Hall–Kier alpha value is -2.53. The molecule has 0 bridgehead atoms. The molecule has 2 fully saturated rings. The van der Waals surface area contributed by atoms with Crippen LogP contribution in [-0.2, 0) is 4.79 Å². The zero-order valence-electron chi connectivity index (χ0n) is 15.7. The average Bonchev–Trinajstić information content (AvgIpc) is 3.36. The monoisotopic (exact) mass is 397 g/mol. The molecule has 5 nitrogen and oxygen atoms in total. The van der Waals surface area contributed by atoms with Crippen molar-refractivity contribution in [2.45, 2.75) is 37.1 Å². The van der Waals surface area contributed by atoms with Gasteiger partial charge in [-0.2, -0.15) is 0 Å². The molecule has 6 heteroatoms. The third-order valence-electron chi connectivity index (χ3n) is 5.19. The molecule has 1 saturated heterocycles. The smallest absolute Gasteiger partial charge is 0.253 e. The van der Waals surface area contributed by atoms with Gasteiger partial charge in [-0.15, -0.1) is 11.6 Å². The van der Waals surface area contributed by atoms with E-state index in [2.05, 4.69) is 15.5 Å². The summed E-state index contributed by atoms with van der Waals surface area (Å²) in [6.45, 7) is 1.90. The van der Waals surface area contributed by atoms with E-state index in [1.165, 1.54) is 0 Å². The molecule has 146 valence electrons. The lowest BCUT2D eigenvalue weighted by Gasteiger charge is -2.22. The van der Waals surface area contributed by atoms with E-state index >= 15 is 0 Å². The van der Waals surface area contributed by atoms with E-state index in [-0.39, 0.29) is 17.9 Å². The lowest BCUT2D eigenvalue weighted by Crippen LogP contribution is -2.29. The van der Waals surface area contributed by atoms with E-state index in [0.29, 0.717) is 11.3 Å². The van der Waals surface area contributed by atoms with Crippen LogP contribution in [0.5, 0.6) is 0 Å². The number of halogens is 1. The van der Waals surface area contributed by atoms with Gasteiger partial charge in [-0.3, -0.25) is 9.59 Å². The van der Waals surface area contributed by atoms with Gasteiger partial charge in [-0.1, -0.05) is 30.3 Å². The second-order valence-electron chi connectivity index (χ2n) is 7.44. The van der Waals surface area contributed by atoms with Crippen LogP contribution < -0.4 is 15.5 Å². The van der Waals surface area contributed by atoms with Gasteiger partial charge in [0, 0.05) is 30.5 Å². The Balaban J connectivity index is 1.55. The molecule has 0 radical (unpaired) electrons. The quantitative estimate of drug-likeness (QED) is 0.721. The van der Waals surface area contributed by atoms with E-state index in [0.717, 1.165) is 50.0 Å². The van der Waals surface area contributed by atoms with Crippen LogP contribution in [-0.4, -0.2) is 30.9 Å². The Morgan fingerprint density at radius 1 is 1.04 bits per heavy atom. The molecule has 28 heavy (non-hydrogen) atoms. The zero-order valence-corrected chi connectivity index (χ0v) is 16.4. The summed E-state index contributed by atoms with van der Waals surface area (Å²) in [7, 11) is 0. The summed E-state index contributed by atoms with van der Waals surface area (Å²) in [5.74, 6) is -0.388. The van der Waals surface area contributed by atoms with Crippen LogP contribution in [0.2, 0.25) is 0 Å². The molecule has 2 aromatic rings. The molecule has 2 amide bonds. The first-order valence-corrected chi connectivity index (χ1v) is 10.3. The van der Waals surface area contributed by atoms with Crippen molar-refractivity contribution >= 4 is 34.8 Å². The number of hydrogen-bond acceptors (Lipinski definition) is 3. The predicted octanol–water partition coefficient (Wildman–Crippen LogP) is 4.10. The molecule has 0 spiro atoms. The number of alkyl halides is 1. The second-order valence-corrected chi connectivity index (χ2v) is 7.87. The summed E-state index contributed by atoms with van der Waals surface area (Å²) in [6, 6.07) is 15.0. The molecular weight excluding hydrogens is 374 g/mol. The van der Waals surface area contributed by atoms with Crippen molar-refractivity contribution < 1.29 is 9.59 Å². The van der Waals surface area contributed by atoms with Crippen LogP contribution >= 0.6 is 11.6 Å². The highest BCUT2D eigenvalue weighted by molar-refractivity contribution is 6.32. The second kappa shape index (κ2) is 8.23. The number of anilines is 2. The summed E-state index contributed by atoms with van der Waals surface area (Å²) < 4.78 is 0. The standard InChI is InChI=1S/C22H24ClN3O2/c23-20(15-6-2-1-3-7-15)22(28)25-17-10-11-19(26-12-4-5-13-26)18(14-17)21(27)24-16-8-9-16/h1-3,6-7,10-11,14,16,20H,4-5,8-9,12-13H2,(H,24,27)(H,25,28). The Labute approximate surface area is 170 Å². The molecule has 2 N–H and O–H groups in total. The Morgan fingerprint density at radius 3 is 2.43 bits per heavy atom. The van der Waals surface area contributed by atoms with Crippen LogP contribution in [0, 0.1) is 0 Å². The van der Waals surface area contributed by atoms with Crippen LogP contribution in [0.4, 0.5) is 11.4 Å². The average molecular weight is 398 g/mol. The molecule has 4 rings (SSSR count). The molecule has 1 aliphatic carbocycles. The highest BCUT2D eigenvalue weighted by Gasteiger charge is 2.27. The third-order valence-corrected chi connectivity index (χ3v) is 5.64. The zero-order chi connectivity index (χ0) is 19.5. The third kappa shape index (κ3) is 4.30. The fraction of sp³-hybridized carbons (Fsp3) is 0.364. The van der Waals surface area contributed by atoms with Gasteiger partial charge in [0.15, 0.2) is 0 Å². The van der Waals surface area contributed by atoms with Gasteiger partial charge in [0.05, 0.1) is 5.56 Å². The van der Waals surface area contributed by atoms with Gasteiger partial charge >= 0.3 is 0 Å². The Kier molecular flexibility index (Phi) is 5.53. The number of rotatable bonds is 6. The summed E-state index contributed by atoms with van der Waals surface area (Å²) in [4.78, 5) is 27.6. The van der Waals surface area contributed by atoms with Gasteiger partial charge < -0.3 is 15.5 Å². The predicted molar refractivity (Wildman–Crippen MR) is 112 cm³/mol. The maximum absolute atomic E-state index is 12.8. The molecule has 1 aliphatic heterocycles. The highest BCUT2D eigenvalue weighted by Crippen LogP contribution is 2.30. The minimum absolute atomic E-state index is 0.0778. The van der Waals surface area contributed by atoms with Crippen molar-refractivity contribution in [3.05, 3.63) is 59.7 Å². The van der Waals surface area contributed by atoms with Gasteiger partial charge in [0.2, 0.25) is 5.91 Å². The molecule has 2 aromatic carbocycles. The minimum Gasteiger partial charge on any atom is -0.371 e. The van der Waals surface area contributed by atoms with Gasteiger partial charge in [-0.05, 0) is 49.4 Å². The van der Waals surface area contributed by atoms with E-state index in [4.69, 9.17) is 11.6 Å². The summed E-state index contributed by atoms with van der Waals surface area (Å²) in [5, 5.41) is 5.12.